The monoisotopic (exact) mass is 494 g/mol. The minimum Gasteiger partial charge on any atom is -0.496 e. The number of nitrogens with one attached hydrogen (secondary N) is 1. The summed E-state index contributed by atoms with van der Waals surface area (Å²) in [5, 5.41) is 21.5. The zero-order valence-corrected chi connectivity index (χ0v) is 20.8. The van der Waals surface area contributed by atoms with Gasteiger partial charge in [-0.05, 0) is 29.3 Å². The van der Waals surface area contributed by atoms with Crippen LogP contribution in [0.25, 0.3) is 11.1 Å². The summed E-state index contributed by atoms with van der Waals surface area (Å²) >= 11 is 0. The fourth-order valence-corrected chi connectivity index (χ4v) is 4.04. The van der Waals surface area contributed by atoms with Crippen molar-refractivity contribution in [2.75, 3.05) is 20.3 Å². The molecule has 188 valence electrons. The van der Waals surface area contributed by atoms with E-state index in [2.05, 4.69) is 23.5 Å². The summed E-state index contributed by atoms with van der Waals surface area (Å²) in [5.41, 5.74) is 5.47. The Kier molecular flexibility index (Phi) is 9.14. The molecule has 6 heteroatoms. The summed E-state index contributed by atoms with van der Waals surface area (Å²) in [6.07, 6.45) is 0. The molecule has 0 aliphatic carbocycles. The zero-order chi connectivity index (χ0) is 25.9. The van der Waals surface area contributed by atoms with Crippen LogP contribution in [-0.4, -0.2) is 25.4 Å². The van der Waals surface area contributed by atoms with Crippen molar-refractivity contribution in [3.05, 3.63) is 113 Å². The van der Waals surface area contributed by atoms with Crippen LogP contribution in [0.2, 0.25) is 0 Å². The number of ether oxygens (including phenoxy) is 3. The van der Waals surface area contributed by atoms with E-state index in [0.717, 1.165) is 33.6 Å². The van der Waals surface area contributed by atoms with E-state index in [4.69, 9.17) is 19.3 Å². The summed E-state index contributed by atoms with van der Waals surface area (Å²) in [5.74, 6) is 2.13. The quantitative estimate of drug-likeness (QED) is 0.254. The van der Waals surface area contributed by atoms with E-state index in [1.165, 1.54) is 0 Å². The van der Waals surface area contributed by atoms with Gasteiger partial charge in [-0.1, -0.05) is 66.7 Å². The van der Waals surface area contributed by atoms with Crippen LogP contribution in [0.4, 0.5) is 0 Å². The molecule has 0 heterocycles. The molecule has 0 bridgehead atoms. The number of para-hydroxylation sites is 1. The first kappa shape index (κ1) is 25.8. The van der Waals surface area contributed by atoms with Crippen LogP contribution in [-0.2, 0) is 19.8 Å². The first-order valence-corrected chi connectivity index (χ1v) is 12.1. The Bertz CT molecular complexity index is 1350. The lowest BCUT2D eigenvalue weighted by molar-refractivity contribution is 0.280. The largest absolute Gasteiger partial charge is 0.496 e. The average Bonchev–Trinajstić information content (AvgIpc) is 2.96. The van der Waals surface area contributed by atoms with E-state index >= 15 is 0 Å². The maximum absolute atomic E-state index is 9.18. The third-order valence-electron chi connectivity index (χ3n) is 5.87. The number of hydrogen-bond donors (Lipinski definition) is 2. The van der Waals surface area contributed by atoms with Crippen molar-refractivity contribution in [2.24, 2.45) is 0 Å². The van der Waals surface area contributed by atoms with Crippen LogP contribution in [0.3, 0.4) is 0 Å². The van der Waals surface area contributed by atoms with Crippen LogP contribution < -0.4 is 19.5 Å². The Hall–Kier alpha value is -4.31. The second-order valence-electron chi connectivity index (χ2n) is 8.42. The number of hydrogen-bond acceptors (Lipinski definition) is 6. The molecule has 0 atom stereocenters. The molecule has 0 unspecified atom stereocenters. The lowest BCUT2D eigenvalue weighted by Crippen LogP contribution is -2.18. The van der Waals surface area contributed by atoms with Gasteiger partial charge in [-0.15, -0.1) is 0 Å². The second kappa shape index (κ2) is 13.1. The lowest BCUT2D eigenvalue weighted by Gasteiger charge is -2.17. The Morgan fingerprint density at radius 1 is 0.838 bits per heavy atom. The molecule has 0 fully saturated rings. The van der Waals surface area contributed by atoms with Crippen LogP contribution in [0, 0.1) is 11.3 Å². The molecule has 0 amide bonds. The number of aliphatic hydroxyl groups is 1. The van der Waals surface area contributed by atoms with Crippen molar-refractivity contribution in [1.29, 1.82) is 5.26 Å². The molecular formula is C31H30N2O4. The van der Waals surface area contributed by atoms with E-state index < -0.39 is 0 Å². The SMILES string of the molecule is COc1c(COc2ccc(CNCCO)c(OCc3cccc(C#N)c3)c2)cccc1-c1ccccc1. The molecule has 4 aromatic rings. The van der Waals surface area contributed by atoms with Gasteiger partial charge in [0.2, 0.25) is 0 Å². The molecule has 0 saturated heterocycles. The van der Waals surface area contributed by atoms with Crippen molar-refractivity contribution in [1.82, 2.24) is 5.32 Å². The number of rotatable bonds is 12. The van der Waals surface area contributed by atoms with Gasteiger partial charge in [0, 0.05) is 35.8 Å². The molecule has 0 saturated carbocycles. The maximum atomic E-state index is 9.18. The smallest absolute Gasteiger partial charge is 0.133 e. The van der Waals surface area contributed by atoms with Gasteiger partial charge in [0.05, 0.1) is 25.3 Å². The number of nitrogens with zero attached hydrogens (tertiary/aromatic N) is 1. The van der Waals surface area contributed by atoms with Gasteiger partial charge in [0.1, 0.15) is 30.5 Å². The molecule has 4 aromatic carbocycles. The van der Waals surface area contributed by atoms with Gasteiger partial charge in [0.25, 0.3) is 0 Å². The standard InChI is InChI=1S/C31H30N2O4/c1-35-31-27(11-6-12-29(31)25-9-3-2-4-10-25)22-36-28-14-13-26(20-33-15-16-34)30(18-28)37-21-24-8-5-7-23(17-24)19-32/h2-14,17-18,33-34H,15-16,20-22H2,1H3. The Morgan fingerprint density at radius 2 is 1.68 bits per heavy atom. The molecule has 0 radical (unpaired) electrons. The molecule has 0 aromatic heterocycles. The molecule has 0 aliphatic heterocycles. The number of aliphatic hydroxyl groups excluding tert-OH is 1. The lowest BCUT2D eigenvalue weighted by atomic mass is 10.0. The van der Waals surface area contributed by atoms with Gasteiger partial charge in [0.15, 0.2) is 0 Å². The summed E-state index contributed by atoms with van der Waals surface area (Å²) in [6, 6.07) is 31.4. The fourth-order valence-electron chi connectivity index (χ4n) is 4.04. The third kappa shape index (κ3) is 6.89. The van der Waals surface area contributed by atoms with Gasteiger partial charge < -0.3 is 24.6 Å². The third-order valence-corrected chi connectivity index (χ3v) is 5.87. The molecule has 0 spiro atoms. The molecule has 2 N–H and O–H groups in total. The van der Waals surface area contributed by atoms with Gasteiger partial charge in [-0.2, -0.15) is 5.26 Å². The molecule has 6 nitrogen and oxygen atoms in total. The van der Waals surface area contributed by atoms with Crippen molar-refractivity contribution < 1.29 is 19.3 Å². The Balaban J connectivity index is 1.53. The van der Waals surface area contributed by atoms with Crippen molar-refractivity contribution in [3.8, 4) is 34.4 Å². The predicted molar refractivity (Wildman–Crippen MR) is 143 cm³/mol. The minimum absolute atomic E-state index is 0.0578. The van der Waals surface area contributed by atoms with E-state index in [-0.39, 0.29) is 6.61 Å². The second-order valence-corrected chi connectivity index (χ2v) is 8.42. The maximum Gasteiger partial charge on any atom is 0.133 e. The average molecular weight is 495 g/mol. The highest BCUT2D eigenvalue weighted by Crippen LogP contribution is 2.34. The fraction of sp³-hybridized carbons (Fsp3) is 0.194. The predicted octanol–water partition coefficient (Wildman–Crippen LogP) is 5.47. The summed E-state index contributed by atoms with van der Waals surface area (Å²) < 4.78 is 18.1. The van der Waals surface area contributed by atoms with Gasteiger partial charge in [-0.25, -0.2) is 0 Å². The zero-order valence-electron chi connectivity index (χ0n) is 20.8. The first-order valence-electron chi connectivity index (χ1n) is 12.1. The van der Waals surface area contributed by atoms with Crippen molar-refractivity contribution >= 4 is 0 Å². The molecule has 37 heavy (non-hydrogen) atoms. The van der Waals surface area contributed by atoms with Crippen LogP contribution in [0.5, 0.6) is 17.2 Å². The van der Waals surface area contributed by atoms with Crippen LogP contribution in [0.1, 0.15) is 22.3 Å². The van der Waals surface area contributed by atoms with Crippen molar-refractivity contribution in [3.63, 3.8) is 0 Å². The van der Waals surface area contributed by atoms with Gasteiger partial charge in [-0.3, -0.25) is 0 Å². The minimum atomic E-state index is 0.0578. The van der Waals surface area contributed by atoms with Crippen LogP contribution in [0.15, 0.2) is 91.0 Å². The van der Waals surface area contributed by atoms with E-state index in [9.17, 15) is 5.26 Å². The summed E-state index contributed by atoms with van der Waals surface area (Å²) in [4.78, 5) is 0. The van der Waals surface area contributed by atoms with E-state index in [0.29, 0.717) is 43.4 Å². The number of nitriles is 1. The van der Waals surface area contributed by atoms with E-state index in [1.807, 2.05) is 72.8 Å². The van der Waals surface area contributed by atoms with Crippen LogP contribution >= 0.6 is 0 Å². The number of benzene rings is 4. The highest BCUT2D eigenvalue weighted by atomic mass is 16.5. The highest BCUT2D eigenvalue weighted by molar-refractivity contribution is 5.72. The molecule has 4 rings (SSSR count). The summed E-state index contributed by atoms with van der Waals surface area (Å²) in [7, 11) is 1.67. The van der Waals surface area contributed by atoms with Crippen molar-refractivity contribution in [2.45, 2.75) is 19.8 Å². The normalized spacial score (nSPS) is 10.5. The Morgan fingerprint density at radius 3 is 2.46 bits per heavy atom. The summed E-state index contributed by atoms with van der Waals surface area (Å²) in [6.45, 7) is 1.73. The Labute approximate surface area is 217 Å². The molecule has 0 aliphatic rings. The number of methoxy groups -OCH3 is 1. The van der Waals surface area contributed by atoms with Gasteiger partial charge >= 0.3 is 0 Å². The first-order chi connectivity index (χ1) is 18.2. The van der Waals surface area contributed by atoms with E-state index in [1.54, 1.807) is 13.2 Å². The molecular weight excluding hydrogens is 464 g/mol. The topological polar surface area (TPSA) is 83.7 Å². The highest BCUT2D eigenvalue weighted by Gasteiger charge is 2.13.